The van der Waals surface area contributed by atoms with Gasteiger partial charge in [0.05, 0.1) is 17.2 Å². The molecule has 0 saturated heterocycles. The molecule has 0 bridgehead atoms. The highest BCUT2D eigenvalue weighted by atomic mass is 127. The van der Waals surface area contributed by atoms with Gasteiger partial charge in [-0.25, -0.2) is 9.98 Å². The molecule has 2 heterocycles. The molecule has 7 heteroatoms. The Labute approximate surface area is 182 Å². The van der Waals surface area contributed by atoms with Crippen molar-refractivity contribution in [3.8, 4) is 0 Å². The van der Waals surface area contributed by atoms with E-state index in [0.717, 1.165) is 36.2 Å². The number of H-pyrrole nitrogens is 1. The second kappa shape index (κ2) is 10.1. The molecule has 2 aromatic heterocycles. The van der Waals surface area contributed by atoms with Crippen LogP contribution in [0.1, 0.15) is 33.6 Å². The highest BCUT2D eigenvalue weighted by Gasteiger charge is 2.07. The van der Waals surface area contributed by atoms with E-state index < -0.39 is 0 Å². The normalized spacial score (nSPS) is 11.5. The molecule has 3 N–H and O–H groups in total. The van der Waals surface area contributed by atoms with Crippen LogP contribution in [-0.4, -0.2) is 29.0 Å². The summed E-state index contributed by atoms with van der Waals surface area (Å²) in [7, 11) is 0. The zero-order valence-corrected chi connectivity index (χ0v) is 19.5. The second-order valence-corrected chi connectivity index (χ2v) is 7.71. The number of aromatic amines is 1. The van der Waals surface area contributed by atoms with Crippen LogP contribution in [0.4, 0.5) is 0 Å². The first-order valence-electron chi connectivity index (χ1n) is 9.09. The monoisotopic (exact) mass is 497 g/mol. The van der Waals surface area contributed by atoms with Crippen molar-refractivity contribution in [1.82, 2.24) is 20.6 Å². The fourth-order valence-electron chi connectivity index (χ4n) is 3.18. The van der Waals surface area contributed by atoms with Crippen LogP contribution in [0.5, 0.6) is 0 Å². The predicted molar refractivity (Wildman–Crippen MR) is 127 cm³/mol. The third-order valence-corrected chi connectivity index (χ3v) is 5.46. The molecule has 0 radical (unpaired) electrons. The molecular formula is C20H28IN5S. The summed E-state index contributed by atoms with van der Waals surface area (Å²) < 4.78 is 0. The van der Waals surface area contributed by atoms with Gasteiger partial charge < -0.3 is 15.6 Å². The van der Waals surface area contributed by atoms with E-state index in [-0.39, 0.29) is 24.0 Å². The number of guanidine groups is 1. The van der Waals surface area contributed by atoms with Gasteiger partial charge in [-0.05, 0) is 51.3 Å². The summed E-state index contributed by atoms with van der Waals surface area (Å²) in [6.07, 6.45) is 3.07. The maximum atomic E-state index is 4.71. The fourth-order valence-corrected chi connectivity index (χ4v) is 4.04. The highest BCUT2D eigenvalue weighted by molar-refractivity contribution is 14.0. The number of aryl methyl sites for hydroxylation is 3. The van der Waals surface area contributed by atoms with Crippen LogP contribution in [0.2, 0.25) is 0 Å². The van der Waals surface area contributed by atoms with Crippen LogP contribution < -0.4 is 10.6 Å². The maximum absolute atomic E-state index is 4.71. The first kappa shape index (κ1) is 21.7. The molecule has 1 aromatic carbocycles. The van der Waals surface area contributed by atoms with Crippen LogP contribution in [0, 0.1) is 20.8 Å². The lowest BCUT2D eigenvalue weighted by Gasteiger charge is -2.11. The number of nitrogens with one attached hydrogen (secondary N) is 3. The Balaban J connectivity index is 0.00000261. The van der Waals surface area contributed by atoms with Crippen LogP contribution in [0.25, 0.3) is 10.9 Å². The first-order valence-corrected chi connectivity index (χ1v) is 9.90. The average molecular weight is 497 g/mol. The Morgan fingerprint density at radius 3 is 2.74 bits per heavy atom. The molecule has 0 aliphatic heterocycles. The number of aliphatic imine (C=N–C) groups is 1. The first-order chi connectivity index (χ1) is 12.6. The molecule has 0 fully saturated rings. The zero-order chi connectivity index (χ0) is 18.5. The van der Waals surface area contributed by atoms with Gasteiger partial charge in [-0.15, -0.1) is 35.3 Å². The topological polar surface area (TPSA) is 65.1 Å². The highest BCUT2D eigenvalue weighted by Crippen LogP contribution is 2.22. The molecule has 0 amide bonds. The van der Waals surface area contributed by atoms with E-state index in [1.165, 1.54) is 26.9 Å². The van der Waals surface area contributed by atoms with E-state index in [0.29, 0.717) is 6.54 Å². The predicted octanol–water partition coefficient (Wildman–Crippen LogP) is 4.47. The second-order valence-electron chi connectivity index (χ2n) is 6.42. The zero-order valence-electron chi connectivity index (χ0n) is 16.3. The van der Waals surface area contributed by atoms with Gasteiger partial charge in [0.15, 0.2) is 5.96 Å². The lowest BCUT2D eigenvalue weighted by molar-refractivity contribution is 0.802. The molecule has 5 nitrogen and oxygen atoms in total. The van der Waals surface area contributed by atoms with Gasteiger partial charge in [0.2, 0.25) is 0 Å². The number of hydrogen-bond donors (Lipinski definition) is 3. The van der Waals surface area contributed by atoms with Crippen LogP contribution in [0.15, 0.2) is 29.4 Å². The quantitative estimate of drug-likeness (QED) is 0.268. The third kappa shape index (κ3) is 5.44. The van der Waals surface area contributed by atoms with E-state index in [4.69, 9.17) is 4.99 Å². The summed E-state index contributed by atoms with van der Waals surface area (Å²) >= 11 is 1.72. The summed E-state index contributed by atoms with van der Waals surface area (Å²) in [5, 5.41) is 9.21. The molecule has 27 heavy (non-hydrogen) atoms. The summed E-state index contributed by atoms with van der Waals surface area (Å²) in [6, 6.07) is 6.39. The van der Waals surface area contributed by atoms with E-state index in [9.17, 15) is 0 Å². The van der Waals surface area contributed by atoms with Crippen molar-refractivity contribution < 1.29 is 0 Å². The number of aromatic nitrogens is 2. The van der Waals surface area contributed by atoms with Gasteiger partial charge >= 0.3 is 0 Å². The minimum atomic E-state index is 0. The minimum absolute atomic E-state index is 0. The van der Waals surface area contributed by atoms with E-state index in [1.807, 2.05) is 13.8 Å². The minimum Gasteiger partial charge on any atom is -0.361 e. The molecule has 0 unspecified atom stereocenters. The van der Waals surface area contributed by atoms with Crippen molar-refractivity contribution >= 4 is 52.2 Å². The molecule has 0 atom stereocenters. The Bertz CT molecular complexity index is 912. The summed E-state index contributed by atoms with van der Waals surface area (Å²) in [5.41, 5.74) is 4.95. The number of halogens is 1. The number of hydrogen-bond acceptors (Lipinski definition) is 3. The van der Waals surface area contributed by atoms with E-state index >= 15 is 0 Å². The SMILES string of the molecule is CCNC(=NCc1sc(C)nc1C)NCCc1c[nH]c2cccc(C)c12.I. The number of rotatable bonds is 6. The van der Waals surface area contributed by atoms with Crippen molar-refractivity contribution in [2.45, 2.75) is 40.7 Å². The van der Waals surface area contributed by atoms with Crippen molar-refractivity contribution in [3.05, 3.63) is 51.1 Å². The third-order valence-electron chi connectivity index (χ3n) is 4.41. The van der Waals surface area contributed by atoms with Crippen LogP contribution in [-0.2, 0) is 13.0 Å². The summed E-state index contributed by atoms with van der Waals surface area (Å²) in [6.45, 7) is 10.7. The molecule has 0 spiro atoms. The average Bonchev–Trinajstić information content (AvgIpc) is 3.16. The Kier molecular flexibility index (Phi) is 8.09. The van der Waals surface area contributed by atoms with Crippen LogP contribution in [0.3, 0.4) is 0 Å². The van der Waals surface area contributed by atoms with E-state index in [1.54, 1.807) is 11.3 Å². The Morgan fingerprint density at radius 2 is 2.04 bits per heavy atom. The molecule has 0 saturated carbocycles. The largest absolute Gasteiger partial charge is 0.361 e. The van der Waals surface area contributed by atoms with Crippen molar-refractivity contribution in [2.24, 2.45) is 4.99 Å². The van der Waals surface area contributed by atoms with Crippen LogP contribution >= 0.6 is 35.3 Å². The number of nitrogens with zero attached hydrogens (tertiary/aromatic N) is 2. The Morgan fingerprint density at radius 1 is 1.22 bits per heavy atom. The van der Waals surface area contributed by atoms with Gasteiger partial charge in [-0.3, -0.25) is 0 Å². The van der Waals surface area contributed by atoms with Gasteiger partial charge in [0.25, 0.3) is 0 Å². The van der Waals surface area contributed by atoms with Gasteiger partial charge in [-0.1, -0.05) is 12.1 Å². The molecule has 3 aromatic rings. The van der Waals surface area contributed by atoms with Crippen molar-refractivity contribution in [3.63, 3.8) is 0 Å². The van der Waals surface area contributed by atoms with Gasteiger partial charge in [0, 0.05) is 35.1 Å². The lowest BCUT2D eigenvalue weighted by Crippen LogP contribution is -2.38. The van der Waals surface area contributed by atoms with Gasteiger partial charge in [-0.2, -0.15) is 0 Å². The van der Waals surface area contributed by atoms with Crippen molar-refractivity contribution in [2.75, 3.05) is 13.1 Å². The standard InChI is InChI=1S/C20H27N5S.HI/c1-5-21-20(24-12-18-14(3)25-15(4)26-18)22-10-9-16-11-23-17-8-6-7-13(2)19(16)17;/h6-8,11,23H,5,9-10,12H2,1-4H3,(H2,21,22,24);1H. The van der Waals surface area contributed by atoms with E-state index in [2.05, 4.69) is 58.8 Å². The Hall–Kier alpha value is -1.61. The fraction of sp³-hybridized carbons (Fsp3) is 0.400. The lowest BCUT2D eigenvalue weighted by atomic mass is 10.1. The molecule has 0 aliphatic carbocycles. The molecule has 146 valence electrons. The maximum Gasteiger partial charge on any atom is 0.191 e. The van der Waals surface area contributed by atoms with Gasteiger partial charge in [0.1, 0.15) is 0 Å². The number of benzene rings is 1. The number of thiazole rings is 1. The summed E-state index contributed by atoms with van der Waals surface area (Å²) in [4.78, 5) is 13.8. The molecule has 3 rings (SSSR count). The molecular weight excluding hydrogens is 469 g/mol. The number of fused-ring (bicyclic) bond motifs is 1. The smallest absolute Gasteiger partial charge is 0.191 e. The van der Waals surface area contributed by atoms with Crippen molar-refractivity contribution in [1.29, 1.82) is 0 Å². The molecule has 0 aliphatic rings. The summed E-state index contributed by atoms with van der Waals surface area (Å²) in [5.74, 6) is 0.856.